The molecule has 1 aromatic rings. The van der Waals surface area contributed by atoms with Gasteiger partial charge in [0.2, 0.25) is 0 Å². The Labute approximate surface area is 86.7 Å². The van der Waals surface area contributed by atoms with Crippen LogP contribution in [0.5, 0.6) is 5.75 Å². The first kappa shape index (κ1) is 9.79. The molecule has 1 saturated heterocycles. The molecule has 0 bridgehead atoms. The van der Waals surface area contributed by atoms with E-state index in [1.165, 1.54) is 17.0 Å². The van der Waals surface area contributed by atoms with Crippen molar-refractivity contribution >= 4 is 11.6 Å². The molecule has 0 spiro atoms. The highest BCUT2D eigenvalue weighted by Gasteiger charge is 2.29. The summed E-state index contributed by atoms with van der Waals surface area (Å²) in [6.45, 7) is 0.702. The van der Waals surface area contributed by atoms with Gasteiger partial charge in [-0.05, 0) is 18.2 Å². The molecule has 1 aromatic carbocycles. The number of rotatable bonds is 1. The molecule has 0 saturated carbocycles. The molecule has 1 fully saturated rings. The fourth-order valence-corrected chi connectivity index (χ4v) is 1.48. The third-order valence-corrected chi connectivity index (χ3v) is 2.43. The monoisotopic (exact) mass is 208 g/mol. The highest BCUT2D eigenvalue weighted by Crippen LogP contribution is 2.22. The fourth-order valence-electron chi connectivity index (χ4n) is 1.48. The smallest absolute Gasteiger partial charge is 0.254 e. The quantitative estimate of drug-likeness (QED) is 0.440. The number of β-amino-alcohol motifs (C(OH)–C–C–N with tert-alkyl or cyclic N) is 1. The Morgan fingerprint density at radius 2 is 2.13 bits per heavy atom. The highest BCUT2D eigenvalue weighted by molar-refractivity contribution is 5.95. The zero-order valence-electron chi connectivity index (χ0n) is 8.05. The largest absolute Gasteiger partial charge is 0.506 e. The lowest BCUT2D eigenvalue weighted by Crippen LogP contribution is -2.53. The Morgan fingerprint density at radius 3 is 2.67 bits per heavy atom. The van der Waals surface area contributed by atoms with Crippen molar-refractivity contribution in [2.45, 2.75) is 6.10 Å². The maximum atomic E-state index is 11.7. The zero-order chi connectivity index (χ0) is 11.0. The molecule has 1 aliphatic heterocycles. The number of nitrogen functional groups attached to an aromatic ring is 1. The number of hydrogen-bond acceptors (Lipinski definition) is 4. The Hall–Kier alpha value is -1.75. The second-order valence-corrected chi connectivity index (χ2v) is 3.64. The number of anilines is 1. The summed E-state index contributed by atoms with van der Waals surface area (Å²) >= 11 is 0. The van der Waals surface area contributed by atoms with E-state index in [0.717, 1.165) is 0 Å². The summed E-state index contributed by atoms with van der Waals surface area (Å²) in [6, 6.07) is 4.38. The number of benzene rings is 1. The van der Waals surface area contributed by atoms with Gasteiger partial charge in [-0.2, -0.15) is 0 Å². The summed E-state index contributed by atoms with van der Waals surface area (Å²) < 4.78 is 0. The van der Waals surface area contributed by atoms with Crippen molar-refractivity contribution in [3.8, 4) is 5.75 Å². The first-order chi connectivity index (χ1) is 7.08. The van der Waals surface area contributed by atoms with Crippen LogP contribution in [0.1, 0.15) is 10.4 Å². The molecule has 0 unspecified atom stereocenters. The summed E-state index contributed by atoms with van der Waals surface area (Å²) in [4.78, 5) is 13.2. The number of aliphatic hydroxyl groups is 1. The number of carbonyl (C=O) groups is 1. The van der Waals surface area contributed by atoms with Gasteiger partial charge in [-0.3, -0.25) is 4.79 Å². The molecule has 0 radical (unpaired) electrons. The summed E-state index contributed by atoms with van der Waals surface area (Å²) in [5.41, 5.74) is 6.05. The zero-order valence-corrected chi connectivity index (χ0v) is 8.05. The average Bonchev–Trinajstić information content (AvgIpc) is 2.16. The molecule has 0 aliphatic carbocycles. The minimum Gasteiger partial charge on any atom is -0.506 e. The van der Waals surface area contributed by atoms with Crippen molar-refractivity contribution in [3.05, 3.63) is 23.8 Å². The molecule has 0 aromatic heterocycles. The van der Waals surface area contributed by atoms with Crippen molar-refractivity contribution in [2.24, 2.45) is 0 Å². The van der Waals surface area contributed by atoms with Gasteiger partial charge < -0.3 is 20.8 Å². The van der Waals surface area contributed by atoms with E-state index in [1.807, 2.05) is 0 Å². The predicted molar refractivity (Wildman–Crippen MR) is 54.4 cm³/mol. The van der Waals surface area contributed by atoms with Crippen LogP contribution in [0, 0.1) is 0 Å². The van der Waals surface area contributed by atoms with Crippen molar-refractivity contribution in [1.29, 1.82) is 0 Å². The van der Waals surface area contributed by atoms with Crippen LogP contribution in [0.15, 0.2) is 18.2 Å². The molecule has 1 aliphatic rings. The second kappa shape index (κ2) is 3.43. The van der Waals surface area contributed by atoms with E-state index in [4.69, 9.17) is 10.8 Å². The van der Waals surface area contributed by atoms with Gasteiger partial charge in [0.1, 0.15) is 5.75 Å². The molecule has 5 heteroatoms. The summed E-state index contributed by atoms with van der Waals surface area (Å²) in [6.07, 6.45) is -0.420. The summed E-state index contributed by atoms with van der Waals surface area (Å²) in [5.74, 6) is -0.294. The highest BCUT2D eigenvalue weighted by atomic mass is 16.3. The van der Waals surface area contributed by atoms with Crippen molar-refractivity contribution in [2.75, 3.05) is 18.8 Å². The first-order valence-electron chi connectivity index (χ1n) is 4.64. The molecule has 0 atom stereocenters. The number of aromatic hydroxyl groups is 1. The molecule has 1 heterocycles. The predicted octanol–water partition coefficient (Wildman–Crippen LogP) is -0.209. The third kappa shape index (κ3) is 1.73. The van der Waals surface area contributed by atoms with E-state index >= 15 is 0 Å². The fraction of sp³-hybridized carbons (Fsp3) is 0.300. The summed E-state index contributed by atoms with van der Waals surface area (Å²) in [5, 5.41) is 18.4. The Morgan fingerprint density at radius 1 is 1.47 bits per heavy atom. The van der Waals surface area contributed by atoms with E-state index in [1.54, 1.807) is 6.07 Å². The second-order valence-electron chi connectivity index (χ2n) is 3.64. The minimum atomic E-state index is -0.420. The van der Waals surface area contributed by atoms with Gasteiger partial charge in [0.15, 0.2) is 0 Å². The number of likely N-dealkylation sites (tertiary alicyclic amines) is 1. The molecule has 2 rings (SSSR count). The van der Waals surface area contributed by atoms with Crippen LogP contribution in [0.4, 0.5) is 5.69 Å². The van der Waals surface area contributed by atoms with E-state index in [-0.39, 0.29) is 17.3 Å². The van der Waals surface area contributed by atoms with Crippen molar-refractivity contribution in [3.63, 3.8) is 0 Å². The van der Waals surface area contributed by atoms with Crippen LogP contribution in [-0.2, 0) is 0 Å². The number of hydrogen-bond donors (Lipinski definition) is 3. The van der Waals surface area contributed by atoms with Crippen LogP contribution in [-0.4, -0.2) is 40.2 Å². The van der Waals surface area contributed by atoms with Crippen molar-refractivity contribution in [1.82, 2.24) is 4.90 Å². The molecular formula is C10H12N2O3. The van der Waals surface area contributed by atoms with E-state index in [0.29, 0.717) is 18.7 Å². The SMILES string of the molecule is Nc1ccc(C(=O)N2CC(O)C2)cc1O. The Bertz CT molecular complexity index is 400. The molecule has 5 nitrogen and oxygen atoms in total. The van der Waals surface area contributed by atoms with E-state index < -0.39 is 6.10 Å². The summed E-state index contributed by atoms with van der Waals surface area (Å²) in [7, 11) is 0. The van der Waals surface area contributed by atoms with Gasteiger partial charge in [-0.1, -0.05) is 0 Å². The van der Waals surface area contributed by atoms with Crippen LogP contribution in [0.25, 0.3) is 0 Å². The first-order valence-corrected chi connectivity index (χ1v) is 4.64. The Balaban J connectivity index is 2.16. The average molecular weight is 208 g/mol. The van der Waals surface area contributed by atoms with Gasteiger partial charge in [-0.15, -0.1) is 0 Å². The number of nitrogens with two attached hydrogens (primary N) is 1. The number of aliphatic hydroxyl groups excluding tert-OH is 1. The lowest BCUT2D eigenvalue weighted by atomic mass is 10.1. The van der Waals surface area contributed by atoms with Crippen LogP contribution in [0.3, 0.4) is 0 Å². The molecule has 4 N–H and O–H groups in total. The van der Waals surface area contributed by atoms with Gasteiger partial charge >= 0.3 is 0 Å². The number of carbonyl (C=O) groups excluding carboxylic acids is 1. The maximum Gasteiger partial charge on any atom is 0.254 e. The normalized spacial score (nSPS) is 16.2. The third-order valence-electron chi connectivity index (χ3n) is 2.43. The van der Waals surface area contributed by atoms with Gasteiger partial charge in [0, 0.05) is 18.7 Å². The van der Waals surface area contributed by atoms with Crippen LogP contribution < -0.4 is 5.73 Å². The van der Waals surface area contributed by atoms with Gasteiger partial charge in [0.05, 0.1) is 11.8 Å². The standard InChI is InChI=1S/C10H12N2O3/c11-8-2-1-6(3-9(8)14)10(15)12-4-7(13)5-12/h1-3,7,13-14H,4-5,11H2. The molecule has 80 valence electrons. The molecule has 15 heavy (non-hydrogen) atoms. The van der Waals surface area contributed by atoms with E-state index in [9.17, 15) is 9.90 Å². The van der Waals surface area contributed by atoms with Gasteiger partial charge in [0.25, 0.3) is 5.91 Å². The number of phenolic OH excluding ortho intramolecular Hbond substituents is 1. The number of phenols is 1. The lowest BCUT2D eigenvalue weighted by Gasteiger charge is -2.35. The number of amides is 1. The molecular weight excluding hydrogens is 196 g/mol. The maximum absolute atomic E-state index is 11.7. The lowest BCUT2D eigenvalue weighted by molar-refractivity contribution is 0.00588. The van der Waals surface area contributed by atoms with E-state index in [2.05, 4.69) is 0 Å². The number of nitrogens with zero attached hydrogens (tertiary/aromatic N) is 1. The van der Waals surface area contributed by atoms with Crippen LogP contribution >= 0.6 is 0 Å². The van der Waals surface area contributed by atoms with Crippen LogP contribution in [0.2, 0.25) is 0 Å². The topological polar surface area (TPSA) is 86.8 Å². The van der Waals surface area contributed by atoms with Crippen molar-refractivity contribution < 1.29 is 15.0 Å². The minimum absolute atomic E-state index is 0.0954. The van der Waals surface area contributed by atoms with Gasteiger partial charge in [-0.25, -0.2) is 0 Å². The molecule has 1 amide bonds. The Kier molecular flexibility index (Phi) is 2.24.